The van der Waals surface area contributed by atoms with Gasteiger partial charge in [-0.2, -0.15) is 18.4 Å². The molecule has 1 aromatic carbocycles. The Bertz CT molecular complexity index is 473. The summed E-state index contributed by atoms with van der Waals surface area (Å²) < 4.78 is 38.9. The minimum atomic E-state index is -4.43. The van der Waals surface area contributed by atoms with Crippen molar-refractivity contribution in [2.75, 3.05) is 26.2 Å². The molecule has 1 N–H and O–H groups in total. The Labute approximate surface area is 109 Å². The van der Waals surface area contributed by atoms with Crippen molar-refractivity contribution < 1.29 is 13.2 Å². The maximum absolute atomic E-state index is 13.0. The van der Waals surface area contributed by atoms with Gasteiger partial charge in [-0.1, -0.05) is 18.2 Å². The smallest absolute Gasteiger partial charge is 0.314 e. The van der Waals surface area contributed by atoms with Gasteiger partial charge in [0.25, 0.3) is 0 Å². The zero-order valence-corrected chi connectivity index (χ0v) is 10.2. The normalized spacial score (nSPS) is 18.8. The molecule has 0 aliphatic carbocycles. The summed E-state index contributed by atoms with van der Waals surface area (Å²) in [5, 5.41) is 12.4. The molecule has 1 saturated heterocycles. The molecule has 0 bridgehead atoms. The van der Waals surface area contributed by atoms with Crippen molar-refractivity contribution in [2.45, 2.75) is 12.2 Å². The molecule has 0 saturated carbocycles. The predicted molar refractivity (Wildman–Crippen MR) is 64.2 cm³/mol. The van der Waals surface area contributed by atoms with Crippen LogP contribution in [0.4, 0.5) is 13.2 Å². The first-order chi connectivity index (χ1) is 9.04. The fourth-order valence-corrected chi connectivity index (χ4v) is 2.28. The molecule has 1 aliphatic rings. The monoisotopic (exact) mass is 269 g/mol. The molecule has 1 aliphatic heterocycles. The minimum absolute atomic E-state index is 0.0411. The Balaban J connectivity index is 2.36. The topological polar surface area (TPSA) is 39.1 Å². The summed E-state index contributed by atoms with van der Waals surface area (Å²) >= 11 is 0. The number of nitrogens with zero attached hydrogens (tertiary/aromatic N) is 2. The van der Waals surface area contributed by atoms with E-state index in [1.165, 1.54) is 18.2 Å². The lowest BCUT2D eigenvalue weighted by molar-refractivity contribution is -0.138. The van der Waals surface area contributed by atoms with Crippen LogP contribution in [-0.4, -0.2) is 31.1 Å². The molecule has 0 spiro atoms. The molecule has 1 heterocycles. The van der Waals surface area contributed by atoms with E-state index in [1.807, 2.05) is 6.07 Å². The first-order valence-electron chi connectivity index (χ1n) is 6.04. The summed E-state index contributed by atoms with van der Waals surface area (Å²) in [6.07, 6.45) is -4.43. The fourth-order valence-electron chi connectivity index (χ4n) is 2.28. The molecule has 1 aromatic rings. The summed E-state index contributed by atoms with van der Waals surface area (Å²) in [6, 6.07) is 6.45. The van der Waals surface area contributed by atoms with Crippen LogP contribution in [-0.2, 0) is 6.18 Å². The van der Waals surface area contributed by atoms with Gasteiger partial charge >= 0.3 is 6.18 Å². The predicted octanol–water partition coefficient (Wildman–Crippen LogP) is 2.18. The van der Waals surface area contributed by atoms with Gasteiger partial charge in [0.2, 0.25) is 0 Å². The Morgan fingerprint density at radius 3 is 2.42 bits per heavy atom. The van der Waals surface area contributed by atoms with Gasteiger partial charge in [0.05, 0.1) is 11.6 Å². The Morgan fingerprint density at radius 2 is 1.84 bits per heavy atom. The van der Waals surface area contributed by atoms with Crippen LogP contribution in [0.25, 0.3) is 0 Å². The van der Waals surface area contributed by atoms with Crippen LogP contribution in [0.5, 0.6) is 0 Å². The molecule has 1 atom stereocenters. The lowest BCUT2D eigenvalue weighted by atomic mass is 9.99. The average Bonchev–Trinajstić information content (AvgIpc) is 2.40. The highest BCUT2D eigenvalue weighted by molar-refractivity contribution is 5.35. The summed E-state index contributed by atoms with van der Waals surface area (Å²) in [4.78, 5) is 1.78. The number of nitrogens with one attached hydrogen (secondary N) is 1. The highest BCUT2D eigenvalue weighted by Gasteiger charge is 2.36. The number of alkyl halides is 3. The van der Waals surface area contributed by atoms with Crippen LogP contribution in [0.2, 0.25) is 0 Å². The molecule has 2 rings (SSSR count). The molecular formula is C13H14F3N3. The maximum atomic E-state index is 13.0. The van der Waals surface area contributed by atoms with Crippen molar-refractivity contribution in [2.24, 2.45) is 0 Å². The number of nitriles is 1. The van der Waals surface area contributed by atoms with E-state index in [0.29, 0.717) is 26.2 Å². The van der Waals surface area contributed by atoms with Crippen molar-refractivity contribution in [3.05, 3.63) is 35.4 Å². The highest BCUT2D eigenvalue weighted by Crippen LogP contribution is 2.36. The third-order valence-electron chi connectivity index (χ3n) is 3.20. The fraction of sp³-hybridized carbons (Fsp3) is 0.462. The second kappa shape index (κ2) is 5.59. The van der Waals surface area contributed by atoms with Crippen molar-refractivity contribution in [3.8, 4) is 6.07 Å². The third kappa shape index (κ3) is 3.06. The third-order valence-corrected chi connectivity index (χ3v) is 3.20. The van der Waals surface area contributed by atoms with Crippen molar-refractivity contribution in [1.82, 2.24) is 10.2 Å². The van der Waals surface area contributed by atoms with Crippen LogP contribution in [0.1, 0.15) is 17.2 Å². The van der Waals surface area contributed by atoms with E-state index in [1.54, 1.807) is 4.90 Å². The van der Waals surface area contributed by atoms with Crippen molar-refractivity contribution in [3.63, 3.8) is 0 Å². The standard InChI is InChI=1S/C13H14F3N3/c14-13(15,16)11-4-2-1-3-10(11)12(9-17)19-7-5-18-6-8-19/h1-4,12,18H,5-8H2. The Morgan fingerprint density at radius 1 is 1.21 bits per heavy atom. The molecule has 1 unspecified atom stereocenters. The van der Waals surface area contributed by atoms with Gasteiger partial charge in [0, 0.05) is 26.2 Å². The summed E-state index contributed by atoms with van der Waals surface area (Å²) in [5.41, 5.74) is -0.681. The maximum Gasteiger partial charge on any atom is 0.416 e. The van der Waals surface area contributed by atoms with Gasteiger partial charge in [0.15, 0.2) is 0 Å². The molecule has 19 heavy (non-hydrogen) atoms. The summed E-state index contributed by atoms with van der Waals surface area (Å²) in [5.74, 6) is 0. The molecule has 1 fully saturated rings. The Hall–Kier alpha value is -1.58. The number of piperazine rings is 1. The number of benzene rings is 1. The zero-order chi connectivity index (χ0) is 13.9. The van der Waals surface area contributed by atoms with Gasteiger partial charge in [-0.05, 0) is 11.6 Å². The molecule has 6 heteroatoms. The van der Waals surface area contributed by atoms with E-state index in [2.05, 4.69) is 5.32 Å². The van der Waals surface area contributed by atoms with Crippen LogP contribution >= 0.6 is 0 Å². The van der Waals surface area contributed by atoms with E-state index in [0.717, 1.165) is 6.07 Å². The van der Waals surface area contributed by atoms with E-state index in [9.17, 15) is 18.4 Å². The Kier molecular flexibility index (Phi) is 4.08. The quantitative estimate of drug-likeness (QED) is 0.894. The number of rotatable bonds is 2. The van der Waals surface area contributed by atoms with Crippen LogP contribution in [0.15, 0.2) is 24.3 Å². The van der Waals surface area contributed by atoms with Crippen LogP contribution < -0.4 is 5.32 Å². The molecule has 0 radical (unpaired) electrons. The van der Waals surface area contributed by atoms with E-state index in [4.69, 9.17) is 0 Å². The van der Waals surface area contributed by atoms with E-state index >= 15 is 0 Å². The first-order valence-corrected chi connectivity index (χ1v) is 6.04. The minimum Gasteiger partial charge on any atom is -0.314 e. The number of hydrogen-bond acceptors (Lipinski definition) is 3. The van der Waals surface area contributed by atoms with Crippen molar-refractivity contribution in [1.29, 1.82) is 5.26 Å². The molecule has 3 nitrogen and oxygen atoms in total. The zero-order valence-electron chi connectivity index (χ0n) is 10.2. The van der Waals surface area contributed by atoms with Gasteiger partial charge in [-0.25, -0.2) is 0 Å². The number of hydrogen-bond donors (Lipinski definition) is 1. The molecule has 0 amide bonds. The number of halogens is 3. The average molecular weight is 269 g/mol. The van der Waals surface area contributed by atoms with Crippen LogP contribution in [0.3, 0.4) is 0 Å². The van der Waals surface area contributed by atoms with Gasteiger partial charge in [-0.3, -0.25) is 4.90 Å². The second-order valence-electron chi connectivity index (χ2n) is 4.40. The molecule has 102 valence electrons. The van der Waals surface area contributed by atoms with E-state index < -0.39 is 17.8 Å². The van der Waals surface area contributed by atoms with Gasteiger partial charge < -0.3 is 5.32 Å². The SMILES string of the molecule is N#CC(c1ccccc1C(F)(F)F)N1CCNCC1. The highest BCUT2D eigenvalue weighted by atomic mass is 19.4. The largest absolute Gasteiger partial charge is 0.416 e. The van der Waals surface area contributed by atoms with Crippen molar-refractivity contribution >= 4 is 0 Å². The van der Waals surface area contributed by atoms with Gasteiger partial charge in [-0.15, -0.1) is 0 Å². The molecular weight excluding hydrogens is 255 g/mol. The van der Waals surface area contributed by atoms with E-state index in [-0.39, 0.29) is 5.56 Å². The second-order valence-corrected chi connectivity index (χ2v) is 4.40. The lowest BCUT2D eigenvalue weighted by Crippen LogP contribution is -2.45. The molecule has 0 aromatic heterocycles. The summed E-state index contributed by atoms with van der Waals surface area (Å²) in [7, 11) is 0. The summed E-state index contributed by atoms with van der Waals surface area (Å²) in [6.45, 7) is 2.52. The lowest BCUT2D eigenvalue weighted by Gasteiger charge is -2.32. The van der Waals surface area contributed by atoms with Crippen LogP contribution in [0, 0.1) is 11.3 Å². The van der Waals surface area contributed by atoms with Gasteiger partial charge in [0.1, 0.15) is 6.04 Å². The first kappa shape index (κ1) is 13.8.